The zero-order valence-corrected chi connectivity index (χ0v) is 12.9. The smallest absolute Gasteiger partial charge is 0.235 e. The first-order valence-corrected chi connectivity index (χ1v) is 7.61. The van der Waals surface area contributed by atoms with Crippen LogP contribution in [0.3, 0.4) is 0 Å². The molecule has 0 spiro atoms. The van der Waals surface area contributed by atoms with Crippen LogP contribution >= 0.6 is 15.9 Å². The Kier molecular flexibility index (Phi) is 3.57. The number of isocyanates is 1. The Balaban J connectivity index is 2.00. The minimum Gasteiger partial charge on any atom is -0.493 e. The first kappa shape index (κ1) is 13.7. The third-order valence-corrected chi connectivity index (χ3v) is 4.61. The van der Waals surface area contributed by atoms with Crippen molar-refractivity contribution in [2.45, 2.75) is 43.7 Å². The van der Waals surface area contributed by atoms with Crippen molar-refractivity contribution in [3.8, 4) is 11.5 Å². The van der Waals surface area contributed by atoms with Gasteiger partial charge in [0.2, 0.25) is 6.08 Å². The Bertz CT molecular complexity index is 573. The van der Waals surface area contributed by atoms with Crippen molar-refractivity contribution < 1.29 is 14.3 Å². The summed E-state index contributed by atoms with van der Waals surface area (Å²) in [7, 11) is 1.63. The predicted octanol–water partition coefficient (Wildman–Crippen LogP) is 3.71. The summed E-state index contributed by atoms with van der Waals surface area (Å²) in [6, 6.07) is 3.92. The second-order valence-electron chi connectivity index (χ2n) is 5.39. The van der Waals surface area contributed by atoms with Crippen LogP contribution in [0.1, 0.15) is 37.7 Å². The van der Waals surface area contributed by atoms with Crippen LogP contribution in [0.25, 0.3) is 0 Å². The minimum atomic E-state index is -0.421. The number of rotatable bonds is 5. The van der Waals surface area contributed by atoms with Gasteiger partial charge in [0, 0.05) is 0 Å². The second-order valence-corrected chi connectivity index (χ2v) is 6.25. The van der Waals surface area contributed by atoms with E-state index in [0.29, 0.717) is 11.9 Å². The van der Waals surface area contributed by atoms with Crippen molar-refractivity contribution in [3.05, 3.63) is 22.2 Å². The maximum Gasteiger partial charge on any atom is 0.235 e. The van der Waals surface area contributed by atoms with Crippen LogP contribution in [-0.4, -0.2) is 19.3 Å². The summed E-state index contributed by atoms with van der Waals surface area (Å²) in [5, 5.41) is 0. The molecule has 3 rings (SSSR count). The Labute approximate surface area is 126 Å². The molecule has 1 aromatic carbocycles. The van der Waals surface area contributed by atoms with Crippen LogP contribution in [0.2, 0.25) is 0 Å². The highest BCUT2D eigenvalue weighted by atomic mass is 79.9. The normalized spacial score (nSPS) is 19.7. The fourth-order valence-electron chi connectivity index (χ4n) is 2.52. The van der Waals surface area contributed by atoms with Gasteiger partial charge in [-0.3, -0.25) is 0 Å². The first-order chi connectivity index (χ1) is 9.68. The number of aliphatic imine (C=N–C) groups is 1. The summed E-state index contributed by atoms with van der Waals surface area (Å²) in [6.45, 7) is 0. The van der Waals surface area contributed by atoms with Crippen LogP contribution < -0.4 is 9.47 Å². The van der Waals surface area contributed by atoms with Gasteiger partial charge < -0.3 is 9.47 Å². The molecule has 20 heavy (non-hydrogen) atoms. The lowest BCUT2D eigenvalue weighted by molar-refractivity contribution is 0.251. The molecule has 2 aliphatic rings. The van der Waals surface area contributed by atoms with Gasteiger partial charge in [-0.15, -0.1) is 0 Å². The molecule has 2 saturated carbocycles. The molecule has 0 bridgehead atoms. The summed E-state index contributed by atoms with van der Waals surface area (Å²) in [5.41, 5.74) is 0.564. The lowest BCUT2D eigenvalue weighted by Crippen LogP contribution is -2.31. The zero-order valence-electron chi connectivity index (χ0n) is 11.3. The molecular formula is C15H16BrNO3. The molecule has 0 atom stereocenters. The third-order valence-electron chi connectivity index (χ3n) is 4.02. The highest BCUT2D eigenvalue weighted by Crippen LogP contribution is 2.49. The number of halogens is 1. The fourth-order valence-corrected chi connectivity index (χ4v) is 3.05. The van der Waals surface area contributed by atoms with Crippen molar-refractivity contribution >= 4 is 22.0 Å². The highest BCUT2D eigenvalue weighted by molar-refractivity contribution is 9.10. The summed E-state index contributed by atoms with van der Waals surface area (Å²) in [4.78, 5) is 14.7. The van der Waals surface area contributed by atoms with E-state index in [2.05, 4.69) is 20.9 Å². The highest BCUT2D eigenvalue weighted by Gasteiger charge is 2.40. The zero-order chi connectivity index (χ0) is 14.2. The van der Waals surface area contributed by atoms with Gasteiger partial charge in [-0.25, -0.2) is 4.79 Å². The Morgan fingerprint density at radius 3 is 2.65 bits per heavy atom. The van der Waals surface area contributed by atoms with Gasteiger partial charge >= 0.3 is 0 Å². The predicted molar refractivity (Wildman–Crippen MR) is 78.0 cm³/mol. The maximum absolute atomic E-state index is 10.7. The van der Waals surface area contributed by atoms with Gasteiger partial charge in [0.05, 0.1) is 23.2 Å². The van der Waals surface area contributed by atoms with Gasteiger partial charge in [-0.2, -0.15) is 4.99 Å². The molecule has 0 radical (unpaired) electrons. The van der Waals surface area contributed by atoms with Crippen LogP contribution in [0.15, 0.2) is 21.6 Å². The third kappa shape index (κ3) is 2.36. The molecule has 4 nitrogen and oxygen atoms in total. The van der Waals surface area contributed by atoms with Crippen LogP contribution in [-0.2, 0) is 10.3 Å². The number of hydrogen-bond acceptors (Lipinski definition) is 4. The van der Waals surface area contributed by atoms with Gasteiger partial charge in [0.15, 0.2) is 11.5 Å². The van der Waals surface area contributed by atoms with E-state index in [1.54, 1.807) is 13.2 Å². The minimum absolute atomic E-state index is 0.303. The molecule has 0 unspecified atom stereocenters. The SMILES string of the molecule is COc1cc(C2(N=C=O)CCC2)cc(Br)c1OC1CC1. The molecule has 2 fully saturated rings. The lowest BCUT2D eigenvalue weighted by Gasteiger charge is -2.37. The molecule has 0 amide bonds. The van der Waals surface area contributed by atoms with Crippen molar-refractivity contribution in [1.82, 2.24) is 0 Å². The first-order valence-electron chi connectivity index (χ1n) is 6.82. The van der Waals surface area contributed by atoms with E-state index < -0.39 is 5.54 Å². The van der Waals surface area contributed by atoms with Crippen molar-refractivity contribution in [3.63, 3.8) is 0 Å². The van der Waals surface area contributed by atoms with Crippen molar-refractivity contribution in [2.75, 3.05) is 7.11 Å². The number of nitrogens with zero attached hydrogens (tertiary/aromatic N) is 1. The van der Waals surface area contributed by atoms with Crippen LogP contribution in [0, 0.1) is 0 Å². The summed E-state index contributed by atoms with van der Waals surface area (Å²) >= 11 is 3.55. The Hall–Kier alpha value is -1.32. The molecule has 0 aromatic heterocycles. The number of ether oxygens (including phenoxy) is 2. The van der Waals surface area contributed by atoms with E-state index in [1.807, 2.05) is 12.1 Å². The molecule has 0 N–H and O–H groups in total. The molecule has 5 heteroatoms. The molecule has 0 aliphatic heterocycles. The number of hydrogen-bond donors (Lipinski definition) is 0. The molecular weight excluding hydrogens is 322 g/mol. The monoisotopic (exact) mass is 337 g/mol. The average molecular weight is 338 g/mol. The molecule has 2 aliphatic carbocycles. The van der Waals surface area contributed by atoms with Crippen LogP contribution in [0.4, 0.5) is 0 Å². The van der Waals surface area contributed by atoms with E-state index >= 15 is 0 Å². The van der Waals surface area contributed by atoms with E-state index in [0.717, 1.165) is 47.9 Å². The van der Waals surface area contributed by atoms with Gasteiger partial charge in [-0.1, -0.05) is 0 Å². The van der Waals surface area contributed by atoms with Gasteiger partial charge in [0.1, 0.15) is 0 Å². The van der Waals surface area contributed by atoms with E-state index in [4.69, 9.17) is 9.47 Å². The summed E-state index contributed by atoms with van der Waals surface area (Å²) in [6.07, 6.45) is 7.03. The standard InChI is InChI=1S/C15H16BrNO3/c1-19-13-8-10(15(17-9-18)5-2-6-15)7-12(16)14(13)20-11-3-4-11/h7-8,11H,2-6H2,1H3. The maximum atomic E-state index is 10.7. The number of methoxy groups -OCH3 is 1. The summed E-state index contributed by atoms with van der Waals surface area (Å²) in [5.74, 6) is 1.43. The second kappa shape index (κ2) is 5.23. The van der Waals surface area contributed by atoms with Crippen LogP contribution in [0.5, 0.6) is 11.5 Å². The van der Waals surface area contributed by atoms with Gasteiger partial charge in [-0.05, 0) is 65.7 Å². The van der Waals surface area contributed by atoms with E-state index in [9.17, 15) is 4.79 Å². The van der Waals surface area contributed by atoms with Gasteiger partial charge in [0.25, 0.3) is 0 Å². The fraction of sp³-hybridized carbons (Fsp3) is 0.533. The summed E-state index contributed by atoms with van der Waals surface area (Å²) < 4.78 is 12.2. The van der Waals surface area contributed by atoms with E-state index in [-0.39, 0.29) is 0 Å². The Morgan fingerprint density at radius 1 is 1.40 bits per heavy atom. The Morgan fingerprint density at radius 2 is 2.15 bits per heavy atom. The van der Waals surface area contributed by atoms with E-state index in [1.165, 1.54) is 0 Å². The molecule has 1 aromatic rings. The number of benzene rings is 1. The topological polar surface area (TPSA) is 47.9 Å². The molecule has 106 valence electrons. The number of carbonyl (C=O) groups excluding carboxylic acids is 1. The lowest BCUT2D eigenvalue weighted by atomic mass is 9.72. The van der Waals surface area contributed by atoms with Crippen molar-refractivity contribution in [1.29, 1.82) is 0 Å². The molecule has 0 saturated heterocycles. The average Bonchev–Trinajstić information content (AvgIpc) is 3.20. The van der Waals surface area contributed by atoms with Crippen molar-refractivity contribution in [2.24, 2.45) is 4.99 Å². The molecule has 0 heterocycles. The quantitative estimate of drug-likeness (QED) is 0.607. The largest absolute Gasteiger partial charge is 0.493 e.